The number of hydrogen-bond donors (Lipinski definition) is 1. The lowest BCUT2D eigenvalue weighted by atomic mass is 9.78. The summed E-state index contributed by atoms with van der Waals surface area (Å²) in [6.07, 6.45) is 1.28. The molecular formula is C18H24F2N2O2S. The van der Waals surface area contributed by atoms with Crippen molar-refractivity contribution in [2.24, 2.45) is 11.8 Å². The number of ether oxygens (including phenoxy) is 1. The van der Waals surface area contributed by atoms with Crippen molar-refractivity contribution in [1.29, 1.82) is 0 Å². The molecule has 4 nitrogen and oxygen atoms in total. The molecule has 3 heterocycles. The summed E-state index contributed by atoms with van der Waals surface area (Å²) in [5.41, 5.74) is -0.0640. The van der Waals surface area contributed by atoms with Gasteiger partial charge in [0.2, 0.25) is 11.8 Å². The Hall–Kier alpha value is -1.05. The molecular weight excluding hydrogens is 346 g/mol. The Balaban J connectivity index is 1.20. The Morgan fingerprint density at radius 3 is 2.88 bits per heavy atom. The zero-order valence-electron chi connectivity index (χ0n) is 14.2. The highest BCUT2D eigenvalue weighted by molar-refractivity contribution is 7.09. The van der Waals surface area contributed by atoms with E-state index in [2.05, 4.69) is 27.7 Å². The molecule has 0 radical (unpaired) electrons. The standard InChI is InChI=1S/C18H24F2N2O2S/c19-18(20)8-13(9-18)16(23)21-5-3-14-4-6-24-17(14)11-22(12-17)10-15-2-1-7-25-15/h1-2,7,13-14H,3-6,8-12H2,(H,21,23)/t14-/m0/s1. The van der Waals surface area contributed by atoms with Gasteiger partial charge in [0.05, 0.1) is 5.60 Å². The van der Waals surface area contributed by atoms with Gasteiger partial charge in [-0.3, -0.25) is 9.69 Å². The number of carbonyl (C=O) groups excluding carboxylic acids is 1. The molecule has 1 spiro atoms. The fraction of sp³-hybridized carbons (Fsp3) is 0.722. The molecule has 3 fully saturated rings. The number of halogens is 2. The molecule has 1 N–H and O–H groups in total. The van der Waals surface area contributed by atoms with Gasteiger partial charge >= 0.3 is 0 Å². The van der Waals surface area contributed by atoms with E-state index in [0.717, 1.165) is 39.1 Å². The fourth-order valence-electron chi connectivity index (χ4n) is 4.35. The Morgan fingerprint density at radius 1 is 1.40 bits per heavy atom. The number of rotatable bonds is 6. The van der Waals surface area contributed by atoms with E-state index in [1.807, 2.05) is 0 Å². The molecule has 1 amide bonds. The van der Waals surface area contributed by atoms with Crippen LogP contribution in [0.4, 0.5) is 8.78 Å². The van der Waals surface area contributed by atoms with Crippen molar-refractivity contribution in [3.63, 3.8) is 0 Å². The molecule has 25 heavy (non-hydrogen) atoms. The summed E-state index contributed by atoms with van der Waals surface area (Å²) >= 11 is 1.78. The topological polar surface area (TPSA) is 41.6 Å². The average molecular weight is 370 g/mol. The SMILES string of the molecule is O=C(NCC[C@H]1CCOC12CN(Cc1cccs1)C2)C1CC(F)(F)C1. The van der Waals surface area contributed by atoms with Crippen molar-refractivity contribution >= 4 is 17.2 Å². The molecule has 3 aliphatic rings. The van der Waals surface area contributed by atoms with E-state index in [9.17, 15) is 13.6 Å². The van der Waals surface area contributed by atoms with Crippen LogP contribution >= 0.6 is 11.3 Å². The number of nitrogens with zero attached hydrogens (tertiary/aromatic N) is 1. The number of amides is 1. The van der Waals surface area contributed by atoms with Crippen molar-refractivity contribution in [1.82, 2.24) is 10.2 Å². The maximum Gasteiger partial charge on any atom is 0.249 e. The summed E-state index contributed by atoms with van der Waals surface area (Å²) < 4.78 is 31.7. The van der Waals surface area contributed by atoms with Gasteiger partial charge in [0, 0.05) is 56.4 Å². The van der Waals surface area contributed by atoms with Gasteiger partial charge in [0.25, 0.3) is 0 Å². The molecule has 4 rings (SSSR count). The van der Waals surface area contributed by atoms with Crippen LogP contribution in [0.25, 0.3) is 0 Å². The van der Waals surface area contributed by atoms with Gasteiger partial charge in [-0.1, -0.05) is 6.07 Å². The van der Waals surface area contributed by atoms with Crippen molar-refractivity contribution in [2.45, 2.75) is 43.8 Å². The van der Waals surface area contributed by atoms with Crippen LogP contribution in [-0.4, -0.2) is 48.6 Å². The molecule has 1 aliphatic carbocycles. The third-order valence-corrected chi connectivity index (χ3v) is 6.66. The lowest BCUT2D eigenvalue weighted by Crippen LogP contribution is -2.64. The second-order valence-corrected chi connectivity index (χ2v) is 8.70. The third-order valence-electron chi connectivity index (χ3n) is 5.79. The maximum absolute atomic E-state index is 12.8. The van der Waals surface area contributed by atoms with Gasteiger partial charge in [0.15, 0.2) is 0 Å². The first-order valence-corrected chi connectivity index (χ1v) is 9.88. The smallest absolute Gasteiger partial charge is 0.249 e. The van der Waals surface area contributed by atoms with Crippen LogP contribution in [0.3, 0.4) is 0 Å². The summed E-state index contributed by atoms with van der Waals surface area (Å²) in [6.45, 7) is 4.20. The van der Waals surface area contributed by atoms with Crippen LogP contribution in [0.5, 0.6) is 0 Å². The Morgan fingerprint density at radius 2 is 2.20 bits per heavy atom. The maximum atomic E-state index is 12.8. The lowest BCUT2D eigenvalue weighted by molar-refractivity contribution is -0.150. The molecule has 7 heteroatoms. The van der Waals surface area contributed by atoms with Gasteiger partial charge < -0.3 is 10.1 Å². The van der Waals surface area contributed by atoms with Crippen LogP contribution in [-0.2, 0) is 16.1 Å². The zero-order valence-corrected chi connectivity index (χ0v) is 15.0. The van der Waals surface area contributed by atoms with Crippen molar-refractivity contribution in [2.75, 3.05) is 26.2 Å². The van der Waals surface area contributed by atoms with E-state index >= 15 is 0 Å². The second kappa shape index (κ2) is 6.59. The van der Waals surface area contributed by atoms with Crippen LogP contribution in [0, 0.1) is 11.8 Å². The first kappa shape index (κ1) is 17.4. The van der Waals surface area contributed by atoms with E-state index in [0.29, 0.717) is 12.5 Å². The van der Waals surface area contributed by atoms with Gasteiger partial charge in [0.1, 0.15) is 0 Å². The third kappa shape index (κ3) is 3.59. The van der Waals surface area contributed by atoms with Crippen molar-refractivity contribution in [3.8, 4) is 0 Å². The van der Waals surface area contributed by atoms with E-state index in [1.165, 1.54) is 4.88 Å². The Kier molecular flexibility index (Phi) is 4.58. The first-order chi connectivity index (χ1) is 12.0. The van der Waals surface area contributed by atoms with E-state index in [4.69, 9.17) is 4.74 Å². The molecule has 0 aromatic carbocycles. The van der Waals surface area contributed by atoms with E-state index in [1.54, 1.807) is 11.3 Å². The number of likely N-dealkylation sites (tertiary alicyclic amines) is 1. The second-order valence-electron chi connectivity index (χ2n) is 7.66. The summed E-state index contributed by atoms with van der Waals surface area (Å²) in [5.74, 6) is -2.92. The Labute approximate surface area is 150 Å². The molecule has 0 bridgehead atoms. The summed E-state index contributed by atoms with van der Waals surface area (Å²) in [7, 11) is 0. The molecule has 1 saturated carbocycles. The quantitative estimate of drug-likeness (QED) is 0.837. The lowest BCUT2D eigenvalue weighted by Gasteiger charge is -2.50. The molecule has 1 atom stereocenters. The van der Waals surface area contributed by atoms with E-state index < -0.39 is 11.8 Å². The highest BCUT2D eigenvalue weighted by Crippen LogP contribution is 2.43. The van der Waals surface area contributed by atoms with Crippen LogP contribution < -0.4 is 5.32 Å². The predicted molar refractivity (Wildman–Crippen MR) is 91.7 cm³/mol. The fourth-order valence-corrected chi connectivity index (χ4v) is 5.09. The number of nitrogens with one attached hydrogen (secondary N) is 1. The van der Waals surface area contributed by atoms with Crippen molar-refractivity contribution < 1.29 is 18.3 Å². The molecule has 2 aliphatic heterocycles. The van der Waals surface area contributed by atoms with Gasteiger partial charge in [-0.15, -0.1) is 11.3 Å². The number of carbonyl (C=O) groups is 1. The molecule has 1 aromatic heterocycles. The number of alkyl halides is 2. The molecule has 0 unspecified atom stereocenters. The summed E-state index contributed by atoms with van der Waals surface area (Å²) in [4.78, 5) is 15.7. The molecule has 2 saturated heterocycles. The highest BCUT2D eigenvalue weighted by atomic mass is 32.1. The largest absolute Gasteiger partial charge is 0.372 e. The van der Waals surface area contributed by atoms with E-state index in [-0.39, 0.29) is 24.3 Å². The first-order valence-electron chi connectivity index (χ1n) is 9.00. The van der Waals surface area contributed by atoms with Gasteiger partial charge in [-0.05, 0) is 30.2 Å². The Bertz CT molecular complexity index is 609. The minimum Gasteiger partial charge on any atom is -0.372 e. The number of thiophene rings is 1. The van der Waals surface area contributed by atoms with Crippen LogP contribution in [0.1, 0.15) is 30.6 Å². The minimum atomic E-state index is -2.64. The number of hydrogen-bond acceptors (Lipinski definition) is 4. The highest BCUT2D eigenvalue weighted by Gasteiger charge is 2.52. The van der Waals surface area contributed by atoms with Crippen LogP contribution in [0.2, 0.25) is 0 Å². The minimum absolute atomic E-state index is 0.0640. The van der Waals surface area contributed by atoms with Gasteiger partial charge in [-0.2, -0.15) is 0 Å². The van der Waals surface area contributed by atoms with Crippen LogP contribution in [0.15, 0.2) is 17.5 Å². The van der Waals surface area contributed by atoms with Gasteiger partial charge in [-0.25, -0.2) is 8.78 Å². The van der Waals surface area contributed by atoms with Crippen molar-refractivity contribution in [3.05, 3.63) is 22.4 Å². The summed E-state index contributed by atoms with van der Waals surface area (Å²) in [5, 5.41) is 4.94. The predicted octanol–water partition coefficient (Wildman–Crippen LogP) is 2.89. The zero-order chi connectivity index (χ0) is 17.5. The monoisotopic (exact) mass is 370 g/mol. The average Bonchev–Trinajstić information content (AvgIpc) is 3.14. The summed E-state index contributed by atoms with van der Waals surface area (Å²) in [6, 6.07) is 4.23. The molecule has 138 valence electrons. The normalized spacial score (nSPS) is 27.8. The molecule has 1 aromatic rings.